The van der Waals surface area contributed by atoms with Gasteiger partial charge in [0, 0.05) is 17.0 Å². The fourth-order valence-corrected chi connectivity index (χ4v) is 3.48. The van der Waals surface area contributed by atoms with Crippen molar-refractivity contribution in [1.82, 2.24) is 5.32 Å². The second kappa shape index (κ2) is 5.98. The molecule has 1 aliphatic rings. The molecule has 1 heterocycles. The van der Waals surface area contributed by atoms with Crippen LogP contribution in [0.5, 0.6) is 5.75 Å². The Morgan fingerprint density at radius 1 is 1.20 bits per heavy atom. The standard InChI is InChI=1S/C17H21NOS/c1-12(13-7-9-15(19-2)10-8-13)18-17(14-5-6-14)16-4-3-11-20-16/h3-4,7-12,14,17-18H,5-6H2,1-2H3. The van der Waals surface area contributed by atoms with Crippen molar-refractivity contribution in [3.05, 3.63) is 52.2 Å². The van der Waals surface area contributed by atoms with E-state index in [9.17, 15) is 0 Å². The maximum Gasteiger partial charge on any atom is 0.118 e. The summed E-state index contributed by atoms with van der Waals surface area (Å²) in [6.07, 6.45) is 2.70. The second-order valence-electron chi connectivity index (χ2n) is 5.49. The molecule has 0 saturated heterocycles. The number of hydrogen-bond donors (Lipinski definition) is 1. The van der Waals surface area contributed by atoms with Crippen LogP contribution in [0.3, 0.4) is 0 Å². The van der Waals surface area contributed by atoms with E-state index in [1.165, 1.54) is 23.3 Å². The molecule has 2 unspecified atom stereocenters. The predicted octanol–water partition coefficient (Wildman–Crippen LogP) is 4.56. The van der Waals surface area contributed by atoms with E-state index < -0.39 is 0 Å². The van der Waals surface area contributed by atoms with Crippen LogP contribution in [0.4, 0.5) is 0 Å². The molecule has 0 aliphatic heterocycles. The zero-order valence-corrected chi connectivity index (χ0v) is 12.8. The Morgan fingerprint density at radius 2 is 1.95 bits per heavy atom. The lowest BCUT2D eigenvalue weighted by Crippen LogP contribution is -2.25. The van der Waals surface area contributed by atoms with Crippen LogP contribution in [0.25, 0.3) is 0 Å². The molecule has 106 valence electrons. The van der Waals surface area contributed by atoms with Gasteiger partial charge in [0.25, 0.3) is 0 Å². The number of rotatable bonds is 6. The molecule has 0 bridgehead atoms. The van der Waals surface area contributed by atoms with Gasteiger partial charge in [-0.05, 0) is 54.8 Å². The Morgan fingerprint density at radius 3 is 2.50 bits per heavy atom. The van der Waals surface area contributed by atoms with E-state index in [2.05, 4.69) is 41.9 Å². The molecule has 0 amide bonds. The summed E-state index contributed by atoms with van der Waals surface area (Å²) in [5, 5.41) is 5.98. The molecule has 20 heavy (non-hydrogen) atoms. The first kappa shape index (κ1) is 13.7. The molecule has 0 spiro atoms. The van der Waals surface area contributed by atoms with Crippen LogP contribution in [0.1, 0.15) is 42.3 Å². The number of hydrogen-bond acceptors (Lipinski definition) is 3. The van der Waals surface area contributed by atoms with E-state index in [1.54, 1.807) is 7.11 Å². The number of ether oxygens (including phenoxy) is 1. The monoisotopic (exact) mass is 287 g/mol. The lowest BCUT2D eigenvalue weighted by molar-refractivity contribution is 0.412. The highest BCUT2D eigenvalue weighted by atomic mass is 32.1. The fourth-order valence-electron chi connectivity index (χ4n) is 2.61. The van der Waals surface area contributed by atoms with Gasteiger partial charge in [-0.15, -0.1) is 11.3 Å². The quantitative estimate of drug-likeness (QED) is 0.841. The molecule has 0 radical (unpaired) electrons. The van der Waals surface area contributed by atoms with Crippen LogP contribution in [0.15, 0.2) is 41.8 Å². The molecule has 3 heteroatoms. The zero-order valence-electron chi connectivity index (χ0n) is 12.0. The Balaban J connectivity index is 1.71. The number of thiophene rings is 1. The van der Waals surface area contributed by atoms with E-state index in [0.29, 0.717) is 12.1 Å². The summed E-state index contributed by atoms with van der Waals surface area (Å²) in [6.45, 7) is 2.24. The Labute approximate surface area is 124 Å². The van der Waals surface area contributed by atoms with Crippen molar-refractivity contribution in [1.29, 1.82) is 0 Å². The maximum absolute atomic E-state index is 5.22. The molecular weight excluding hydrogens is 266 g/mol. The molecule has 1 N–H and O–H groups in total. The van der Waals surface area contributed by atoms with Crippen molar-refractivity contribution in [2.45, 2.75) is 31.8 Å². The van der Waals surface area contributed by atoms with Crippen molar-refractivity contribution in [2.24, 2.45) is 5.92 Å². The van der Waals surface area contributed by atoms with Gasteiger partial charge in [-0.3, -0.25) is 0 Å². The molecule has 1 aromatic carbocycles. The lowest BCUT2D eigenvalue weighted by atomic mass is 10.0. The Bertz CT molecular complexity index is 531. The van der Waals surface area contributed by atoms with E-state index in [0.717, 1.165) is 11.7 Å². The van der Waals surface area contributed by atoms with Gasteiger partial charge in [-0.25, -0.2) is 0 Å². The third-order valence-electron chi connectivity index (χ3n) is 3.99. The highest BCUT2D eigenvalue weighted by molar-refractivity contribution is 7.10. The van der Waals surface area contributed by atoms with Gasteiger partial charge >= 0.3 is 0 Å². The predicted molar refractivity (Wildman–Crippen MR) is 84.3 cm³/mol. The first-order valence-corrected chi connectivity index (χ1v) is 8.09. The molecule has 1 aromatic heterocycles. The number of methoxy groups -OCH3 is 1. The third kappa shape index (κ3) is 3.05. The Kier molecular flexibility index (Phi) is 4.08. The van der Waals surface area contributed by atoms with Crippen LogP contribution in [-0.2, 0) is 0 Å². The minimum atomic E-state index is 0.355. The first-order valence-electron chi connectivity index (χ1n) is 7.21. The van der Waals surface area contributed by atoms with Crippen molar-refractivity contribution in [2.75, 3.05) is 7.11 Å². The maximum atomic E-state index is 5.22. The highest BCUT2D eigenvalue weighted by Crippen LogP contribution is 2.43. The smallest absolute Gasteiger partial charge is 0.118 e. The van der Waals surface area contributed by atoms with Gasteiger partial charge in [-0.1, -0.05) is 18.2 Å². The van der Waals surface area contributed by atoms with Crippen LogP contribution < -0.4 is 10.1 Å². The molecule has 3 rings (SSSR count). The van der Waals surface area contributed by atoms with Gasteiger partial charge in [-0.2, -0.15) is 0 Å². The largest absolute Gasteiger partial charge is 0.497 e. The van der Waals surface area contributed by atoms with Crippen molar-refractivity contribution in [3.8, 4) is 5.75 Å². The van der Waals surface area contributed by atoms with E-state index in [4.69, 9.17) is 4.74 Å². The summed E-state index contributed by atoms with van der Waals surface area (Å²) < 4.78 is 5.22. The van der Waals surface area contributed by atoms with Crippen LogP contribution in [0, 0.1) is 5.92 Å². The molecular formula is C17H21NOS. The fraction of sp³-hybridized carbons (Fsp3) is 0.412. The topological polar surface area (TPSA) is 21.3 Å². The van der Waals surface area contributed by atoms with Crippen LogP contribution in [0.2, 0.25) is 0 Å². The molecule has 1 aliphatic carbocycles. The normalized spacial score (nSPS) is 17.7. The minimum absolute atomic E-state index is 0.355. The van der Waals surface area contributed by atoms with Gasteiger partial charge in [0.05, 0.1) is 7.11 Å². The van der Waals surface area contributed by atoms with Crippen molar-refractivity contribution < 1.29 is 4.74 Å². The summed E-state index contributed by atoms with van der Waals surface area (Å²) in [7, 11) is 1.70. The minimum Gasteiger partial charge on any atom is -0.497 e. The SMILES string of the molecule is COc1ccc(C(C)NC(c2cccs2)C2CC2)cc1. The molecule has 2 aromatic rings. The van der Waals surface area contributed by atoms with Crippen molar-refractivity contribution >= 4 is 11.3 Å². The van der Waals surface area contributed by atoms with Crippen LogP contribution >= 0.6 is 11.3 Å². The second-order valence-corrected chi connectivity index (χ2v) is 6.47. The summed E-state index contributed by atoms with van der Waals surface area (Å²) >= 11 is 1.86. The molecule has 2 nitrogen and oxygen atoms in total. The van der Waals surface area contributed by atoms with E-state index >= 15 is 0 Å². The van der Waals surface area contributed by atoms with Gasteiger partial charge in [0.1, 0.15) is 5.75 Å². The van der Waals surface area contributed by atoms with E-state index in [-0.39, 0.29) is 0 Å². The average Bonchev–Trinajstić information content (AvgIpc) is 3.19. The summed E-state index contributed by atoms with van der Waals surface area (Å²) in [4.78, 5) is 1.47. The Hall–Kier alpha value is -1.32. The first-order chi connectivity index (χ1) is 9.78. The van der Waals surface area contributed by atoms with Crippen LogP contribution in [-0.4, -0.2) is 7.11 Å². The third-order valence-corrected chi connectivity index (χ3v) is 4.94. The summed E-state index contributed by atoms with van der Waals surface area (Å²) in [5.74, 6) is 1.73. The molecule has 2 atom stereocenters. The van der Waals surface area contributed by atoms with E-state index in [1.807, 2.05) is 23.5 Å². The van der Waals surface area contributed by atoms with Gasteiger partial charge in [0.2, 0.25) is 0 Å². The average molecular weight is 287 g/mol. The van der Waals surface area contributed by atoms with Gasteiger partial charge < -0.3 is 10.1 Å². The van der Waals surface area contributed by atoms with Crippen molar-refractivity contribution in [3.63, 3.8) is 0 Å². The number of benzene rings is 1. The summed E-state index contributed by atoms with van der Waals surface area (Å²) in [5.41, 5.74) is 1.31. The number of nitrogens with one attached hydrogen (secondary N) is 1. The zero-order chi connectivity index (χ0) is 13.9. The van der Waals surface area contributed by atoms with Gasteiger partial charge in [0.15, 0.2) is 0 Å². The molecule has 1 saturated carbocycles. The molecule has 1 fully saturated rings. The lowest BCUT2D eigenvalue weighted by Gasteiger charge is -2.23. The summed E-state index contributed by atoms with van der Waals surface area (Å²) in [6, 6.07) is 13.6. The highest BCUT2D eigenvalue weighted by Gasteiger charge is 2.33.